The molecule has 0 aliphatic carbocycles. The van der Waals surface area contributed by atoms with Gasteiger partial charge in [0.1, 0.15) is 0 Å². The summed E-state index contributed by atoms with van der Waals surface area (Å²) < 4.78 is 0. The molecule has 2 N–H and O–H groups in total. The Morgan fingerprint density at radius 3 is 0.750 bits per heavy atom. The van der Waals surface area contributed by atoms with E-state index in [9.17, 15) is 0 Å². The third-order valence-corrected chi connectivity index (χ3v) is 0. The molecule has 0 saturated carbocycles. The minimum atomic E-state index is 0. The average Bonchev–Trinajstić information content (AvgIpc) is 0. The van der Waals surface area contributed by atoms with E-state index in [1.807, 2.05) is 0 Å². The van der Waals surface area contributed by atoms with E-state index in [2.05, 4.69) is 0 Å². The molecule has 3 nitrogen and oxygen atoms in total. The Morgan fingerprint density at radius 2 is 0.750 bits per heavy atom. The maximum Gasteiger partial charge on any atom is 4.00 e. The molecule has 0 saturated heterocycles. The molecule has 4 heavy (non-hydrogen) atoms. The third kappa shape index (κ3) is 19.6. The van der Waals surface area contributed by atoms with Gasteiger partial charge in [0.25, 0.3) is 0 Å². The van der Waals surface area contributed by atoms with E-state index in [0.717, 1.165) is 0 Å². The second-order valence-electron chi connectivity index (χ2n) is 0. The Balaban J connectivity index is 0. The number of rotatable bonds is 0. The van der Waals surface area contributed by atoms with Crippen LogP contribution in [0.5, 0.6) is 0 Å². The second-order valence-corrected chi connectivity index (χ2v) is 0. The van der Waals surface area contributed by atoms with Gasteiger partial charge in [0.05, 0.1) is 0 Å². The van der Waals surface area contributed by atoms with Crippen LogP contribution in [0.3, 0.4) is 0 Å². The molecule has 4 heteroatoms. The Hall–Kier alpha value is 0.568. The Morgan fingerprint density at radius 1 is 0.750 bits per heavy atom. The molecule has 0 rings (SSSR count). The van der Waals surface area contributed by atoms with E-state index >= 15 is 0 Å². The van der Waals surface area contributed by atoms with Crippen molar-refractivity contribution in [2.45, 2.75) is 0 Å². The summed E-state index contributed by atoms with van der Waals surface area (Å²) in [5.74, 6) is 0. The van der Waals surface area contributed by atoms with E-state index in [1.165, 1.54) is 0 Å². The molecule has 0 bridgehead atoms. The minimum absolute atomic E-state index is 0. The van der Waals surface area contributed by atoms with Crippen molar-refractivity contribution in [3.8, 4) is 0 Å². The van der Waals surface area contributed by atoms with Crippen LogP contribution >= 0.6 is 0 Å². The van der Waals surface area contributed by atoms with Gasteiger partial charge in [-0.05, 0) is 0 Å². The monoisotopic (exact) mass is 234 g/mol. The molecular weight excluding hydrogens is 232 g/mol. The van der Waals surface area contributed by atoms with Crippen LogP contribution in [-0.4, -0.2) is 5.48 Å². The largest absolute Gasteiger partial charge is 4.00 e. The fraction of sp³-hybridized carbons (Fsp3) is 0. The number of hydrogen-bond acceptors (Lipinski definition) is 0. The zero-order valence-corrected chi connectivity index (χ0v) is 4.66. The molecule has 0 amide bonds. The standard InChI is InChI=1S/H2O.2O.W/h1H2;;;/q;2*-2;+4. The molecular formula is H2O3W. The predicted octanol–water partition coefficient (Wildman–Crippen LogP) is -1.06. The summed E-state index contributed by atoms with van der Waals surface area (Å²) in [5, 5.41) is 0. The van der Waals surface area contributed by atoms with Crippen molar-refractivity contribution in [2.75, 3.05) is 0 Å². The van der Waals surface area contributed by atoms with Gasteiger partial charge in [-0.2, -0.15) is 0 Å². The van der Waals surface area contributed by atoms with Crippen LogP contribution in [0.4, 0.5) is 0 Å². The molecule has 0 atom stereocenters. The summed E-state index contributed by atoms with van der Waals surface area (Å²) in [7, 11) is 0. The van der Waals surface area contributed by atoms with Gasteiger partial charge in [0, 0.05) is 0 Å². The average molecular weight is 234 g/mol. The fourth-order valence-corrected chi connectivity index (χ4v) is 0. The summed E-state index contributed by atoms with van der Waals surface area (Å²) in [5.41, 5.74) is 0. The smallest absolute Gasteiger partial charge is 2.00 e. The molecule has 0 aromatic carbocycles. The summed E-state index contributed by atoms with van der Waals surface area (Å²) >= 11 is 0. The van der Waals surface area contributed by atoms with Crippen molar-refractivity contribution in [1.82, 2.24) is 0 Å². The van der Waals surface area contributed by atoms with Crippen molar-refractivity contribution in [2.24, 2.45) is 0 Å². The van der Waals surface area contributed by atoms with Crippen LogP contribution in [0.15, 0.2) is 0 Å². The van der Waals surface area contributed by atoms with Crippen LogP contribution in [0.1, 0.15) is 0 Å². The zero-order chi connectivity index (χ0) is 0. The quantitative estimate of drug-likeness (QED) is 0.511. The van der Waals surface area contributed by atoms with Gasteiger partial charge in [-0.1, -0.05) is 0 Å². The molecule has 0 spiro atoms. The molecule has 0 aromatic heterocycles. The van der Waals surface area contributed by atoms with Gasteiger partial charge >= 0.3 is 21.1 Å². The normalized spacial score (nSPS) is 0. The van der Waals surface area contributed by atoms with Crippen molar-refractivity contribution in [1.29, 1.82) is 0 Å². The van der Waals surface area contributed by atoms with Gasteiger partial charge in [0.15, 0.2) is 0 Å². The van der Waals surface area contributed by atoms with Gasteiger partial charge < -0.3 is 16.4 Å². The summed E-state index contributed by atoms with van der Waals surface area (Å²) in [6.07, 6.45) is 0. The Labute approximate surface area is 38.2 Å². The first kappa shape index (κ1) is 180. The molecule has 0 unspecified atom stereocenters. The van der Waals surface area contributed by atoms with Crippen LogP contribution in [0.2, 0.25) is 0 Å². The number of hydrogen-bond donors (Lipinski definition) is 0. The molecule has 0 aliphatic rings. The van der Waals surface area contributed by atoms with E-state index in [1.54, 1.807) is 0 Å². The molecule has 0 aromatic rings. The maximum atomic E-state index is 0. The van der Waals surface area contributed by atoms with E-state index in [-0.39, 0.29) is 37.5 Å². The van der Waals surface area contributed by atoms with Crippen LogP contribution in [-0.2, 0) is 32.0 Å². The van der Waals surface area contributed by atoms with Crippen LogP contribution in [0, 0.1) is 0 Å². The Kier molecular flexibility index (Phi) is 3280. The van der Waals surface area contributed by atoms with Crippen molar-refractivity contribution >= 4 is 0 Å². The first-order valence-electron chi connectivity index (χ1n) is 0. The van der Waals surface area contributed by atoms with Gasteiger partial charge in [-0.25, -0.2) is 0 Å². The summed E-state index contributed by atoms with van der Waals surface area (Å²) in [6, 6.07) is 0. The predicted molar refractivity (Wildman–Crippen MR) is 4.99 cm³/mol. The van der Waals surface area contributed by atoms with Crippen molar-refractivity contribution in [3.05, 3.63) is 0 Å². The molecule has 0 radical (unpaired) electrons. The topological polar surface area (TPSA) is 88.5 Å². The molecule has 0 fully saturated rings. The SMILES string of the molecule is O.[O-2].[O-2].[W+4]. The Bertz CT molecular complexity index is 3.25. The van der Waals surface area contributed by atoms with Gasteiger partial charge in [-0.15, -0.1) is 0 Å². The fourth-order valence-electron chi connectivity index (χ4n) is 0. The summed E-state index contributed by atoms with van der Waals surface area (Å²) in [6.45, 7) is 0. The van der Waals surface area contributed by atoms with Gasteiger partial charge in [0.2, 0.25) is 0 Å². The van der Waals surface area contributed by atoms with Crippen LogP contribution in [0.25, 0.3) is 0 Å². The first-order valence-corrected chi connectivity index (χ1v) is 0. The van der Waals surface area contributed by atoms with E-state index < -0.39 is 0 Å². The van der Waals surface area contributed by atoms with Crippen LogP contribution < -0.4 is 0 Å². The summed E-state index contributed by atoms with van der Waals surface area (Å²) in [4.78, 5) is 0. The maximum absolute atomic E-state index is 0. The molecule has 26 valence electrons. The third-order valence-electron chi connectivity index (χ3n) is 0. The van der Waals surface area contributed by atoms with Crippen molar-refractivity contribution in [3.63, 3.8) is 0 Å². The zero-order valence-electron chi connectivity index (χ0n) is 1.72. The second kappa shape index (κ2) is 72.9. The molecule has 0 aliphatic heterocycles. The minimum Gasteiger partial charge on any atom is -2.00 e. The van der Waals surface area contributed by atoms with Gasteiger partial charge in [-0.3, -0.25) is 0 Å². The first-order chi connectivity index (χ1) is 0. The van der Waals surface area contributed by atoms with E-state index in [4.69, 9.17) is 0 Å². The van der Waals surface area contributed by atoms with E-state index in [0.29, 0.717) is 0 Å². The molecule has 0 heterocycles. The van der Waals surface area contributed by atoms with Crippen molar-refractivity contribution < 1.29 is 37.5 Å².